The molecule has 5 heteroatoms. The summed E-state index contributed by atoms with van der Waals surface area (Å²) in [5.41, 5.74) is 2.85. The van der Waals surface area contributed by atoms with E-state index in [1.807, 2.05) is 63.5 Å². The Bertz CT molecular complexity index is 611. The molecule has 2 rings (SSSR count). The molecule has 122 valence electrons. The summed E-state index contributed by atoms with van der Waals surface area (Å²) in [6.07, 6.45) is 1.75. The standard InChI is InChI=1S/C18H24N4O/c1-15-7-9-16(10-8-15)20-18(23)22(13-12-21(2)3)14-17-6-4-5-11-19-17/h4-11H,12-14H2,1-3H3,(H,20,23). The SMILES string of the molecule is Cc1ccc(NC(=O)N(CCN(C)C)Cc2ccccn2)cc1. The van der Waals surface area contributed by atoms with Crippen LogP contribution in [0.1, 0.15) is 11.3 Å². The van der Waals surface area contributed by atoms with Gasteiger partial charge >= 0.3 is 6.03 Å². The number of nitrogens with one attached hydrogen (secondary N) is 1. The van der Waals surface area contributed by atoms with Crippen LogP contribution in [-0.2, 0) is 6.54 Å². The van der Waals surface area contributed by atoms with E-state index in [0.717, 1.165) is 17.9 Å². The zero-order valence-electron chi connectivity index (χ0n) is 14.0. The minimum atomic E-state index is -0.110. The van der Waals surface area contributed by atoms with Crippen molar-refractivity contribution in [2.75, 3.05) is 32.5 Å². The number of aromatic nitrogens is 1. The molecule has 2 amide bonds. The van der Waals surface area contributed by atoms with Crippen molar-refractivity contribution >= 4 is 11.7 Å². The van der Waals surface area contributed by atoms with Crippen LogP contribution < -0.4 is 5.32 Å². The minimum Gasteiger partial charge on any atom is -0.317 e. The number of benzene rings is 1. The lowest BCUT2D eigenvalue weighted by atomic mass is 10.2. The van der Waals surface area contributed by atoms with Gasteiger partial charge in [-0.2, -0.15) is 0 Å². The van der Waals surface area contributed by atoms with Gasteiger partial charge in [0.25, 0.3) is 0 Å². The molecule has 0 aliphatic rings. The second-order valence-corrected chi connectivity index (χ2v) is 5.84. The predicted molar refractivity (Wildman–Crippen MR) is 93.4 cm³/mol. The molecule has 1 aromatic heterocycles. The number of likely N-dealkylation sites (N-methyl/N-ethyl adjacent to an activating group) is 1. The quantitative estimate of drug-likeness (QED) is 0.892. The summed E-state index contributed by atoms with van der Waals surface area (Å²) in [5, 5.41) is 2.95. The Labute approximate surface area is 137 Å². The van der Waals surface area contributed by atoms with E-state index in [4.69, 9.17) is 0 Å². The van der Waals surface area contributed by atoms with Crippen molar-refractivity contribution in [3.05, 3.63) is 59.9 Å². The highest BCUT2D eigenvalue weighted by molar-refractivity contribution is 5.89. The molecule has 0 atom stereocenters. The number of rotatable bonds is 6. The number of carbonyl (C=O) groups excluding carboxylic acids is 1. The first-order chi connectivity index (χ1) is 11.0. The molecule has 0 spiro atoms. The third-order valence-electron chi connectivity index (χ3n) is 3.49. The number of amides is 2. The van der Waals surface area contributed by atoms with Crippen LogP contribution >= 0.6 is 0 Å². The number of urea groups is 1. The van der Waals surface area contributed by atoms with Gasteiger partial charge in [0, 0.05) is 25.0 Å². The van der Waals surface area contributed by atoms with Gasteiger partial charge in [-0.1, -0.05) is 23.8 Å². The van der Waals surface area contributed by atoms with Gasteiger partial charge < -0.3 is 15.1 Å². The summed E-state index contributed by atoms with van der Waals surface area (Å²) < 4.78 is 0. The average molecular weight is 312 g/mol. The summed E-state index contributed by atoms with van der Waals surface area (Å²) in [6.45, 7) is 3.96. The number of hydrogen-bond acceptors (Lipinski definition) is 3. The van der Waals surface area contributed by atoms with Crippen LogP contribution in [0, 0.1) is 6.92 Å². The van der Waals surface area contributed by atoms with E-state index >= 15 is 0 Å². The van der Waals surface area contributed by atoms with E-state index in [2.05, 4.69) is 15.2 Å². The van der Waals surface area contributed by atoms with Crippen LogP contribution in [0.25, 0.3) is 0 Å². The summed E-state index contributed by atoms with van der Waals surface area (Å²) in [5.74, 6) is 0. The maximum Gasteiger partial charge on any atom is 0.322 e. The van der Waals surface area contributed by atoms with E-state index in [1.54, 1.807) is 11.1 Å². The summed E-state index contributed by atoms with van der Waals surface area (Å²) in [6, 6.07) is 13.4. The highest BCUT2D eigenvalue weighted by Gasteiger charge is 2.15. The van der Waals surface area contributed by atoms with Crippen LogP contribution in [0.4, 0.5) is 10.5 Å². The zero-order chi connectivity index (χ0) is 16.7. The van der Waals surface area contributed by atoms with Crippen LogP contribution in [0.15, 0.2) is 48.7 Å². The zero-order valence-corrected chi connectivity index (χ0v) is 14.0. The van der Waals surface area contributed by atoms with Crippen molar-refractivity contribution in [3.63, 3.8) is 0 Å². The lowest BCUT2D eigenvalue weighted by Crippen LogP contribution is -2.39. The van der Waals surface area contributed by atoms with E-state index < -0.39 is 0 Å². The molecule has 0 fully saturated rings. The van der Waals surface area contributed by atoms with Gasteiger partial charge in [-0.25, -0.2) is 4.79 Å². The van der Waals surface area contributed by atoms with Gasteiger partial charge in [0.05, 0.1) is 12.2 Å². The molecule has 5 nitrogen and oxygen atoms in total. The molecule has 0 saturated carbocycles. The van der Waals surface area contributed by atoms with Crippen LogP contribution in [-0.4, -0.2) is 48.0 Å². The number of carbonyl (C=O) groups is 1. The molecule has 23 heavy (non-hydrogen) atoms. The Morgan fingerprint density at radius 3 is 2.43 bits per heavy atom. The van der Waals surface area contributed by atoms with Crippen LogP contribution in [0.3, 0.4) is 0 Å². The molecular weight excluding hydrogens is 288 g/mol. The van der Waals surface area contributed by atoms with E-state index in [1.165, 1.54) is 5.56 Å². The Morgan fingerprint density at radius 2 is 1.83 bits per heavy atom. The molecule has 0 bridgehead atoms. The van der Waals surface area contributed by atoms with Crippen molar-refractivity contribution < 1.29 is 4.79 Å². The Balaban J connectivity index is 2.05. The van der Waals surface area contributed by atoms with E-state index in [9.17, 15) is 4.79 Å². The van der Waals surface area contributed by atoms with Crippen molar-refractivity contribution in [1.29, 1.82) is 0 Å². The fourth-order valence-electron chi connectivity index (χ4n) is 2.10. The third kappa shape index (κ3) is 5.71. The maximum atomic E-state index is 12.6. The minimum absolute atomic E-state index is 0.110. The highest BCUT2D eigenvalue weighted by Crippen LogP contribution is 2.11. The smallest absolute Gasteiger partial charge is 0.317 e. The normalized spacial score (nSPS) is 10.6. The Hall–Kier alpha value is -2.40. The van der Waals surface area contributed by atoms with Crippen molar-refractivity contribution in [1.82, 2.24) is 14.8 Å². The molecule has 1 N–H and O–H groups in total. The summed E-state index contributed by atoms with van der Waals surface area (Å²) in [4.78, 5) is 20.7. The van der Waals surface area contributed by atoms with Crippen LogP contribution in [0.5, 0.6) is 0 Å². The Morgan fingerprint density at radius 1 is 1.09 bits per heavy atom. The largest absolute Gasteiger partial charge is 0.322 e. The first-order valence-electron chi connectivity index (χ1n) is 7.72. The number of aryl methyl sites for hydroxylation is 1. The van der Waals surface area contributed by atoms with Crippen molar-refractivity contribution in [3.8, 4) is 0 Å². The number of pyridine rings is 1. The van der Waals surface area contributed by atoms with Gasteiger partial charge in [-0.3, -0.25) is 4.98 Å². The number of hydrogen-bond donors (Lipinski definition) is 1. The van der Waals surface area contributed by atoms with Crippen molar-refractivity contribution in [2.45, 2.75) is 13.5 Å². The molecule has 2 aromatic rings. The van der Waals surface area contributed by atoms with Crippen LogP contribution in [0.2, 0.25) is 0 Å². The topological polar surface area (TPSA) is 48.5 Å². The first kappa shape index (κ1) is 17.0. The maximum absolute atomic E-state index is 12.6. The van der Waals surface area contributed by atoms with Gasteiger partial charge in [0.15, 0.2) is 0 Å². The monoisotopic (exact) mass is 312 g/mol. The lowest BCUT2D eigenvalue weighted by molar-refractivity contribution is 0.201. The Kier molecular flexibility index (Phi) is 6.11. The molecule has 0 unspecified atom stereocenters. The second kappa shape index (κ2) is 8.29. The number of nitrogens with zero attached hydrogens (tertiary/aromatic N) is 3. The molecule has 1 heterocycles. The van der Waals surface area contributed by atoms with Gasteiger partial charge in [-0.05, 0) is 45.3 Å². The fraction of sp³-hybridized carbons (Fsp3) is 0.333. The molecule has 0 radical (unpaired) electrons. The van der Waals surface area contributed by atoms with E-state index in [0.29, 0.717) is 13.1 Å². The van der Waals surface area contributed by atoms with Gasteiger partial charge in [0.1, 0.15) is 0 Å². The summed E-state index contributed by atoms with van der Waals surface area (Å²) in [7, 11) is 3.99. The lowest BCUT2D eigenvalue weighted by Gasteiger charge is -2.24. The van der Waals surface area contributed by atoms with E-state index in [-0.39, 0.29) is 6.03 Å². The molecule has 0 saturated heterocycles. The molecule has 1 aromatic carbocycles. The second-order valence-electron chi connectivity index (χ2n) is 5.84. The summed E-state index contributed by atoms with van der Waals surface area (Å²) >= 11 is 0. The molecule has 0 aliphatic heterocycles. The fourth-order valence-corrected chi connectivity index (χ4v) is 2.10. The molecule has 0 aliphatic carbocycles. The highest BCUT2D eigenvalue weighted by atomic mass is 16.2. The third-order valence-corrected chi connectivity index (χ3v) is 3.49. The van der Waals surface area contributed by atoms with Crippen molar-refractivity contribution in [2.24, 2.45) is 0 Å². The first-order valence-corrected chi connectivity index (χ1v) is 7.72. The predicted octanol–water partition coefficient (Wildman–Crippen LogP) is 2.99. The van der Waals surface area contributed by atoms with Gasteiger partial charge in [-0.15, -0.1) is 0 Å². The van der Waals surface area contributed by atoms with Gasteiger partial charge in [0.2, 0.25) is 0 Å². The number of anilines is 1. The average Bonchev–Trinajstić information content (AvgIpc) is 2.54. The molecular formula is C18H24N4O.